The summed E-state index contributed by atoms with van der Waals surface area (Å²) in [6.07, 6.45) is 1.14. The van der Waals surface area contributed by atoms with Crippen LogP contribution in [-0.4, -0.2) is 17.7 Å². The summed E-state index contributed by atoms with van der Waals surface area (Å²) in [5.74, 6) is 0.634. The first-order valence-electron chi connectivity index (χ1n) is 4.75. The van der Waals surface area contributed by atoms with E-state index in [2.05, 4.69) is 45.9 Å². The smallest absolute Gasteiger partial charge is 0.0848 e. The molecule has 0 saturated heterocycles. The molecule has 0 radical (unpaired) electrons. The molecule has 13 heavy (non-hydrogen) atoms. The highest BCUT2D eigenvalue weighted by Crippen LogP contribution is 2.27. The van der Waals surface area contributed by atoms with Crippen LogP contribution < -0.4 is 5.32 Å². The van der Waals surface area contributed by atoms with Gasteiger partial charge in [0.05, 0.1) is 4.60 Å². The molecule has 0 aromatic carbocycles. The van der Waals surface area contributed by atoms with Crippen molar-refractivity contribution in [1.82, 2.24) is 9.88 Å². The molecule has 2 nitrogen and oxygen atoms in total. The Hall–Kier alpha value is -0.280. The lowest BCUT2D eigenvalue weighted by Crippen LogP contribution is -2.18. The van der Waals surface area contributed by atoms with Crippen molar-refractivity contribution in [3.8, 4) is 0 Å². The van der Waals surface area contributed by atoms with Crippen molar-refractivity contribution in [2.24, 2.45) is 7.05 Å². The number of aromatic nitrogens is 1. The molecule has 0 fully saturated rings. The Morgan fingerprint density at radius 1 is 1.62 bits per heavy atom. The van der Waals surface area contributed by atoms with E-state index in [1.807, 2.05) is 0 Å². The minimum Gasteiger partial charge on any atom is -0.342 e. The van der Waals surface area contributed by atoms with Crippen molar-refractivity contribution >= 4 is 15.9 Å². The number of nitrogens with one attached hydrogen (secondary N) is 1. The van der Waals surface area contributed by atoms with Gasteiger partial charge in [0, 0.05) is 32.3 Å². The van der Waals surface area contributed by atoms with Crippen molar-refractivity contribution < 1.29 is 0 Å². The molecular weight excluding hydrogens is 228 g/mol. The Balaban J connectivity index is 2.47. The summed E-state index contributed by atoms with van der Waals surface area (Å²) >= 11 is 3.57. The normalized spacial score (nSPS) is 22.5. The molecule has 0 saturated carbocycles. The highest BCUT2D eigenvalue weighted by molar-refractivity contribution is 9.10. The van der Waals surface area contributed by atoms with Crippen molar-refractivity contribution in [2.45, 2.75) is 19.3 Å². The number of hydrogen-bond acceptors (Lipinski definition) is 1. The van der Waals surface area contributed by atoms with E-state index in [-0.39, 0.29) is 0 Å². The first-order valence-corrected chi connectivity index (χ1v) is 5.54. The molecule has 72 valence electrons. The van der Waals surface area contributed by atoms with Gasteiger partial charge in [-0.25, -0.2) is 0 Å². The fourth-order valence-electron chi connectivity index (χ4n) is 2.01. The molecule has 0 amide bonds. The fraction of sp³-hybridized carbons (Fsp3) is 0.600. The van der Waals surface area contributed by atoms with E-state index in [4.69, 9.17) is 0 Å². The Morgan fingerprint density at radius 3 is 3.15 bits per heavy atom. The van der Waals surface area contributed by atoms with E-state index in [9.17, 15) is 0 Å². The molecule has 1 aliphatic heterocycles. The molecule has 1 aromatic heterocycles. The zero-order valence-electron chi connectivity index (χ0n) is 8.10. The van der Waals surface area contributed by atoms with Crippen LogP contribution in [-0.2, 0) is 13.5 Å². The molecule has 3 heteroatoms. The molecule has 0 bridgehead atoms. The predicted octanol–water partition coefficient (Wildman–Crippen LogP) is 2.04. The molecule has 1 atom stereocenters. The lowest BCUT2D eigenvalue weighted by atomic mass is 10.0. The van der Waals surface area contributed by atoms with Crippen molar-refractivity contribution in [2.75, 3.05) is 13.1 Å². The average Bonchev–Trinajstić information content (AvgIpc) is 2.30. The molecule has 1 N–H and O–H groups in total. The van der Waals surface area contributed by atoms with Gasteiger partial charge in [0.1, 0.15) is 0 Å². The van der Waals surface area contributed by atoms with Crippen LogP contribution in [0.1, 0.15) is 24.1 Å². The minimum atomic E-state index is 0.634. The molecule has 0 spiro atoms. The van der Waals surface area contributed by atoms with Crippen LogP contribution in [0.2, 0.25) is 0 Å². The van der Waals surface area contributed by atoms with Gasteiger partial charge < -0.3 is 9.88 Å². The van der Waals surface area contributed by atoms with Gasteiger partial charge in [-0.1, -0.05) is 6.92 Å². The predicted molar refractivity (Wildman–Crippen MR) is 58.1 cm³/mol. The number of rotatable bonds is 0. The molecule has 0 aliphatic carbocycles. The highest BCUT2D eigenvalue weighted by atomic mass is 79.9. The third kappa shape index (κ3) is 1.55. The monoisotopic (exact) mass is 242 g/mol. The van der Waals surface area contributed by atoms with Crippen LogP contribution in [0.3, 0.4) is 0 Å². The maximum Gasteiger partial charge on any atom is 0.0848 e. The Bertz CT molecular complexity index is 317. The van der Waals surface area contributed by atoms with Gasteiger partial charge >= 0.3 is 0 Å². The van der Waals surface area contributed by atoms with Crippen molar-refractivity contribution in [3.05, 3.63) is 21.9 Å². The lowest BCUT2D eigenvalue weighted by molar-refractivity contribution is 0.641. The van der Waals surface area contributed by atoms with Crippen LogP contribution in [0.15, 0.2) is 10.7 Å². The second-order valence-corrected chi connectivity index (χ2v) is 4.60. The quantitative estimate of drug-likeness (QED) is 0.737. The van der Waals surface area contributed by atoms with E-state index in [1.54, 1.807) is 0 Å². The average molecular weight is 243 g/mol. The van der Waals surface area contributed by atoms with Gasteiger partial charge in [0.15, 0.2) is 0 Å². The summed E-state index contributed by atoms with van der Waals surface area (Å²) in [7, 11) is 2.13. The molecule has 1 aromatic rings. The molecular formula is C10H15BrN2. The summed E-state index contributed by atoms with van der Waals surface area (Å²) in [5.41, 5.74) is 2.98. The second kappa shape index (κ2) is 3.46. The SMILES string of the molecule is CC1CNCCc2c1cc(Br)n2C. The summed E-state index contributed by atoms with van der Waals surface area (Å²) < 4.78 is 3.45. The third-order valence-corrected chi connectivity index (χ3v) is 3.61. The van der Waals surface area contributed by atoms with Gasteiger partial charge in [-0.2, -0.15) is 0 Å². The number of nitrogens with zero attached hydrogens (tertiary/aromatic N) is 1. The third-order valence-electron chi connectivity index (χ3n) is 2.85. The summed E-state index contributed by atoms with van der Waals surface area (Å²) in [6, 6.07) is 2.26. The fourth-order valence-corrected chi connectivity index (χ4v) is 2.47. The molecule has 1 unspecified atom stereocenters. The Morgan fingerprint density at radius 2 is 2.38 bits per heavy atom. The van der Waals surface area contributed by atoms with Crippen LogP contribution >= 0.6 is 15.9 Å². The van der Waals surface area contributed by atoms with E-state index >= 15 is 0 Å². The topological polar surface area (TPSA) is 17.0 Å². The molecule has 1 aliphatic rings. The van der Waals surface area contributed by atoms with Crippen molar-refractivity contribution in [1.29, 1.82) is 0 Å². The van der Waals surface area contributed by atoms with Crippen molar-refractivity contribution in [3.63, 3.8) is 0 Å². The maximum absolute atomic E-state index is 3.57. The Labute approximate surface area is 87.5 Å². The van der Waals surface area contributed by atoms with Crippen LogP contribution in [0.5, 0.6) is 0 Å². The van der Waals surface area contributed by atoms with Crippen LogP contribution in [0, 0.1) is 0 Å². The molecule has 2 rings (SSSR count). The maximum atomic E-state index is 3.57. The van der Waals surface area contributed by atoms with Gasteiger partial charge in [-0.3, -0.25) is 0 Å². The molecule has 2 heterocycles. The Kier molecular flexibility index (Phi) is 2.47. The summed E-state index contributed by atoms with van der Waals surface area (Å²) in [6.45, 7) is 4.48. The first-order chi connectivity index (χ1) is 6.20. The zero-order valence-corrected chi connectivity index (χ0v) is 9.69. The zero-order chi connectivity index (χ0) is 9.42. The van der Waals surface area contributed by atoms with Gasteiger partial charge in [-0.15, -0.1) is 0 Å². The van der Waals surface area contributed by atoms with Crippen LogP contribution in [0.25, 0.3) is 0 Å². The van der Waals surface area contributed by atoms with E-state index in [0.717, 1.165) is 19.5 Å². The van der Waals surface area contributed by atoms with Gasteiger partial charge in [-0.05, 0) is 33.5 Å². The van der Waals surface area contributed by atoms with E-state index in [1.165, 1.54) is 15.9 Å². The number of fused-ring (bicyclic) bond motifs is 1. The first kappa shape index (κ1) is 9.28. The highest BCUT2D eigenvalue weighted by Gasteiger charge is 2.18. The van der Waals surface area contributed by atoms with E-state index in [0.29, 0.717) is 5.92 Å². The summed E-state index contributed by atoms with van der Waals surface area (Å²) in [4.78, 5) is 0. The van der Waals surface area contributed by atoms with Gasteiger partial charge in [0.25, 0.3) is 0 Å². The van der Waals surface area contributed by atoms with Gasteiger partial charge in [0.2, 0.25) is 0 Å². The largest absolute Gasteiger partial charge is 0.342 e. The van der Waals surface area contributed by atoms with Crippen LogP contribution in [0.4, 0.5) is 0 Å². The lowest BCUT2D eigenvalue weighted by Gasteiger charge is -2.07. The standard InChI is InChI=1S/C10H15BrN2/c1-7-6-12-4-3-9-8(7)5-10(11)13(9)2/h5,7,12H,3-4,6H2,1-2H3. The second-order valence-electron chi connectivity index (χ2n) is 3.78. The summed E-state index contributed by atoms with van der Waals surface area (Å²) in [5, 5.41) is 3.45. The number of halogens is 1. The van der Waals surface area contributed by atoms with E-state index < -0.39 is 0 Å². The number of hydrogen-bond donors (Lipinski definition) is 1. The minimum absolute atomic E-state index is 0.634.